The lowest BCUT2D eigenvalue weighted by Gasteiger charge is -2.13. The van der Waals surface area contributed by atoms with E-state index in [1.54, 1.807) is 6.08 Å². The molecule has 120 valence electrons. The second-order valence-corrected chi connectivity index (χ2v) is 5.57. The average molecular weight is 307 g/mol. The highest BCUT2D eigenvalue weighted by Gasteiger charge is 2.10. The Morgan fingerprint density at radius 3 is 2.96 bits per heavy atom. The summed E-state index contributed by atoms with van der Waals surface area (Å²) in [6.07, 6.45) is 23.8. The fourth-order valence-electron chi connectivity index (χ4n) is 2.50. The smallest absolute Gasteiger partial charge is 0.133 e. The average Bonchev–Trinajstić information content (AvgIpc) is 2.75. The van der Waals surface area contributed by atoms with E-state index < -0.39 is 0 Å². The van der Waals surface area contributed by atoms with Gasteiger partial charge in [0, 0.05) is 24.2 Å². The maximum atomic E-state index is 5.57. The molecule has 0 bridgehead atoms. The Morgan fingerprint density at radius 2 is 2.17 bits per heavy atom. The molecule has 0 radical (unpaired) electrons. The van der Waals surface area contributed by atoms with E-state index in [1.807, 2.05) is 19.3 Å². The molecule has 0 saturated carbocycles. The molecule has 0 saturated heterocycles. The van der Waals surface area contributed by atoms with E-state index >= 15 is 0 Å². The fraction of sp³-hybridized carbons (Fsp3) is 0.238. The molecule has 1 aliphatic carbocycles. The zero-order valence-corrected chi connectivity index (χ0v) is 14.0. The zero-order chi connectivity index (χ0) is 16.5. The third kappa shape index (κ3) is 5.11. The summed E-state index contributed by atoms with van der Waals surface area (Å²) in [5.41, 5.74) is 3.57. The standard InChI is InChI=1S/C21H25NO/c1-4-11-20-19(17-23-21(20)5-2)16-22(3)15-10-14-18-12-8-6-7-9-13-18/h4-8,10-14,17H,2,9,15-16H2,1,3H3/b11-4-,14-10+. The molecule has 0 spiro atoms. The Balaban J connectivity index is 1.95. The summed E-state index contributed by atoms with van der Waals surface area (Å²) in [5, 5.41) is 0. The van der Waals surface area contributed by atoms with Crippen LogP contribution in [0, 0.1) is 0 Å². The molecule has 2 heteroatoms. The van der Waals surface area contributed by atoms with E-state index in [4.69, 9.17) is 4.42 Å². The number of hydrogen-bond donors (Lipinski definition) is 0. The number of allylic oxidation sites excluding steroid dienone is 8. The van der Waals surface area contributed by atoms with Gasteiger partial charge in [0.05, 0.1) is 6.26 Å². The molecule has 0 unspecified atom stereocenters. The van der Waals surface area contributed by atoms with Crippen LogP contribution in [0.15, 0.2) is 71.4 Å². The van der Waals surface area contributed by atoms with Crippen LogP contribution in [0.1, 0.15) is 30.2 Å². The minimum atomic E-state index is 0.836. The van der Waals surface area contributed by atoms with Crippen LogP contribution in [0.5, 0.6) is 0 Å². The number of nitrogens with zero attached hydrogens (tertiary/aromatic N) is 1. The molecule has 1 heterocycles. The molecule has 2 nitrogen and oxygen atoms in total. The molecule has 0 aliphatic heterocycles. The highest BCUT2D eigenvalue weighted by atomic mass is 16.3. The molecular formula is C21H25NO. The molecule has 23 heavy (non-hydrogen) atoms. The van der Waals surface area contributed by atoms with Crippen molar-refractivity contribution in [3.05, 3.63) is 83.9 Å². The molecule has 0 fully saturated rings. The highest BCUT2D eigenvalue weighted by Crippen LogP contribution is 2.21. The Morgan fingerprint density at radius 1 is 1.30 bits per heavy atom. The molecule has 1 aromatic rings. The normalized spacial score (nSPS) is 14.8. The molecule has 0 amide bonds. The minimum absolute atomic E-state index is 0.836. The van der Waals surface area contributed by atoms with Crippen molar-refractivity contribution in [3.8, 4) is 0 Å². The van der Waals surface area contributed by atoms with Gasteiger partial charge in [0.15, 0.2) is 0 Å². The van der Waals surface area contributed by atoms with Gasteiger partial charge < -0.3 is 4.42 Å². The van der Waals surface area contributed by atoms with Gasteiger partial charge in [-0.3, -0.25) is 4.90 Å². The highest BCUT2D eigenvalue weighted by molar-refractivity contribution is 5.63. The Kier molecular flexibility index (Phi) is 6.64. The Bertz CT molecular complexity index is 668. The van der Waals surface area contributed by atoms with Gasteiger partial charge in [-0.25, -0.2) is 0 Å². The lowest BCUT2D eigenvalue weighted by Crippen LogP contribution is -2.17. The summed E-state index contributed by atoms with van der Waals surface area (Å²) in [6.45, 7) is 7.55. The molecule has 0 aromatic carbocycles. The van der Waals surface area contributed by atoms with Gasteiger partial charge in [-0.05, 0) is 32.0 Å². The van der Waals surface area contributed by atoms with Crippen molar-refractivity contribution in [1.82, 2.24) is 4.90 Å². The van der Waals surface area contributed by atoms with Gasteiger partial charge in [-0.15, -0.1) is 0 Å². The van der Waals surface area contributed by atoms with Crippen LogP contribution in [-0.2, 0) is 6.54 Å². The van der Waals surface area contributed by atoms with E-state index in [2.05, 4.69) is 67.1 Å². The van der Waals surface area contributed by atoms with Gasteiger partial charge in [0.25, 0.3) is 0 Å². The molecule has 0 atom stereocenters. The third-order valence-electron chi connectivity index (χ3n) is 3.65. The quantitative estimate of drug-likeness (QED) is 0.672. The zero-order valence-electron chi connectivity index (χ0n) is 14.0. The van der Waals surface area contributed by atoms with Crippen LogP contribution in [0.4, 0.5) is 0 Å². The molecule has 2 rings (SSSR count). The van der Waals surface area contributed by atoms with Crippen molar-refractivity contribution in [2.75, 3.05) is 13.6 Å². The van der Waals surface area contributed by atoms with Crippen molar-refractivity contribution in [1.29, 1.82) is 0 Å². The van der Waals surface area contributed by atoms with Gasteiger partial charge in [-0.1, -0.05) is 61.3 Å². The molecule has 1 aromatic heterocycles. The fourth-order valence-corrected chi connectivity index (χ4v) is 2.50. The largest absolute Gasteiger partial charge is 0.464 e. The summed E-state index contributed by atoms with van der Waals surface area (Å²) in [4.78, 5) is 2.26. The van der Waals surface area contributed by atoms with E-state index in [1.165, 1.54) is 11.1 Å². The van der Waals surface area contributed by atoms with E-state index in [0.717, 1.165) is 30.8 Å². The SMILES string of the molecule is C=Cc1occ(CN(C)C/C=C/C2=CCC=CC=C2)c1/C=C\C. The predicted octanol–water partition coefficient (Wildman–Crippen LogP) is 5.39. The van der Waals surface area contributed by atoms with Crippen molar-refractivity contribution in [3.63, 3.8) is 0 Å². The van der Waals surface area contributed by atoms with E-state index in [9.17, 15) is 0 Å². The van der Waals surface area contributed by atoms with Gasteiger partial charge in [0.1, 0.15) is 5.76 Å². The Labute approximate surface area is 139 Å². The number of likely N-dealkylation sites (N-methyl/N-ethyl adjacent to an activating group) is 1. The monoisotopic (exact) mass is 307 g/mol. The first-order valence-electron chi connectivity index (χ1n) is 7.98. The minimum Gasteiger partial charge on any atom is -0.464 e. The summed E-state index contributed by atoms with van der Waals surface area (Å²) >= 11 is 0. The second-order valence-electron chi connectivity index (χ2n) is 5.57. The topological polar surface area (TPSA) is 16.4 Å². The lowest BCUT2D eigenvalue weighted by molar-refractivity contribution is 0.361. The first-order valence-corrected chi connectivity index (χ1v) is 7.98. The maximum absolute atomic E-state index is 5.57. The first-order chi connectivity index (χ1) is 11.2. The van der Waals surface area contributed by atoms with Gasteiger partial charge in [0.2, 0.25) is 0 Å². The van der Waals surface area contributed by atoms with Crippen LogP contribution in [0.25, 0.3) is 12.2 Å². The van der Waals surface area contributed by atoms with E-state index in [0.29, 0.717) is 0 Å². The number of rotatable bonds is 7. The van der Waals surface area contributed by atoms with Crippen LogP contribution in [0.3, 0.4) is 0 Å². The van der Waals surface area contributed by atoms with Crippen LogP contribution < -0.4 is 0 Å². The van der Waals surface area contributed by atoms with Gasteiger partial charge in [-0.2, -0.15) is 0 Å². The van der Waals surface area contributed by atoms with Crippen molar-refractivity contribution in [2.24, 2.45) is 0 Å². The molecule has 0 N–H and O–H groups in total. The second kappa shape index (κ2) is 8.96. The van der Waals surface area contributed by atoms with Crippen molar-refractivity contribution in [2.45, 2.75) is 19.9 Å². The van der Waals surface area contributed by atoms with Crippen LogP contribution in [-0.4, -0.2) is 18.5 Å². The summed E-state index contributed by atoms with van der Waals surface area (Å²) < 4.78 is 5.57. The summed E-state index contributed by atoms with van der Waals surface area (Å²) in [7, 11) is 2.11. The van der Waals surface area contributed by atoms with Crippen molar-refractivity contribution >= 4 is 12.2 Å². The van der Waals surface area contributed by atoms with Crippen LogP contribution >= 0.6 is 0 Å². The third-order valence-corrected chi connectivity index (χ3v) is 3.65. The number of furan rings is 1. The van der Waals surface area contributed by atoms with Crippen LogP contribution in [0.2, 0.25) is 0 Å². The summed E-state index contributed by atoms with van der Waals surface area (Å²) in [5.74, 6) is 0.836. The van der Waals surface area contributed by atoms with Crippen molar-refractivity contribution < 1.29 is 4.42 Å². The predicted molar refractivity (Wildman–Crippen MR) is 100.0 cm³/mol. The summed E-state index contributed by atoms with van der Waals surface area (Å²) in [6, 6.07) is 0. The van der Waals surface area contributed by atoms with Gasteiger partial charge >= 0.3 is 0 Å². The molecule has 1 aliphatic rings. The maximum Gasteiger partial charge on any atom is 0.133 e. The lowest BCUT2D eigenvalue weighted by atomic mass is 10.1. The Hall–Kier alpha value is -2.32. The van der Waals surface area contributed by atoms with E-state index in [-0.39, 0.29) is 0 Å². The number of hydrogen-bond acceptors (Lipinski definition) is 2. The first kappa shape index (κ1) is 17.0. The molecular weight excluding hydrogens is 282 g/mol.